The molecule has 4 nitrogen and oxygen atoms in total. The van der Waals surface area contributed by atoms with Crippen LogP contribution in [-0.4, -0.2) is 39.7 Å². The molecule has 1 atom stereocenters. The Morgan fingerprint density at radius 1 is 1.41 bits per heavy atom. The summed E-state index contributed by atoms with van der Waals surface area (Å²) in [5.74, 6) is 0.960. The third-order valence-electron chi connectivity index (χ3n) is 3.14. The van der Waals surface area contributed by atoms with Gasteiger partial charge in [-0.25, -0.2) is 4.98 Å². The standard InChI is InChI=1S/C13H19N3O/c1-3-16(8-9-17)10(2)13-14-11-6-4-5-7-12(11)15-13/h4-7,10,17H,3,8-9H2,1-2H3,(H,14,15). The van der Waals surface area contributed by atoms with Gasteiger partial charge in [0.2, 0.25) is 0 Å². The number of hydrogen-bond donors (Lipinski definition) is 2. The van der Waals surface area contributed by atoms with Gasteiger partial charge in [-0.3, -0.25) is 4.90 Å². The molecule has 2 N–H and O–H groups in total. The number of para-hydroxylation sites is 2. The Labute approximate surface area is 101 Å². The van der Waals surface area contributed by atoms with E-state index in [1.54, 1.807) is 0 Å². The summed E-state index contributed by atoms with van der Waals surface area (Å²) in [5.41, 5.74) is 2.06. The predicted molar refractivity (Wildman–Crippen MR) is 68.8 cm³/mol. The van der Waals surface area contributed by atoms with Crippen LogP contribution in [0.2, 0.25) is 0 Å². The first-order valence-corrected chi connectivity index (χ1v) is 6.05. The van der Waals surface area contributed by atoms with Gasteiger partial charge in [0, 0.05) is 6.54 Å². The van der Waals surface area contributed by atoms with Crippen molar-refractivity contribution in [2.24, 2.45) is 0 Å². The van der Waals surface area contributed by atoms with Crippen molar-refractivity contribution < 1.29 is 5.11 Å². The SMILES string of the molecule is CCN(CCO)C(C)c1nc2ccccc2[nH]1. The molecule has 1 aromatic heterocycles. The smallest absolute Gasteiger partial charge is 0.124 e. The van der Waals surface area contributed by atoms with E-state index in [2.05, 4.69) is 28.7 Å². The summed E-state index contributed by atoms with van der Waals surface area (Å²) in [5, 5.41) is 9.03. The van der Waals surface area contributed by atoms with E-state index < -0.39 is 0 Å². The van der Waals surface area contributed by atoms with Crippen LogP contribution in [0.25, 0.3) is 11.0 Å². The van der Waals surface area contributed by atoms with E-state index in [4.69, 9.17) is 5.11 Å². The van der Waals surface area contributed by atoms with Gasteiger partial charge in [0.1, 0.15) is 5.82 Å². The highest BCUT2D eigenvalue weighted by Crippen LogP contribution is 2.20. The normalized spacial score (nSPS) is 13.4. The number of benzene rings is 1. The van der Waals surface area contributed by atoms with E-state index in [0.717, 1.165) is 23.4 Å². The Morgan fingerprint density at radius 3 is 2.82 bits per heavy atom. The molecule has 92 valence electrons. The highest BCUT2D eigenvalue weighted by Gasteiger charge is 2.16. The molecule has 0 saturated carbocycles. The second-order valence-electron chi connectivity index (χ2n) is 4.17. The van der Waals surface area contributed by atoms with Gasteiger partial charge < -0.3 is 10.1 Å². The second-order valence-corrected chi connectivity index (χ2v) is 4.17. The van der Waals surface area contributed by atoms with E-state index in [0.29, 0.717) is 6.54 Å². The highest BCUT2D eigenvalue weighted by atomic mass is 16.3. The first kappa shape index (κ1) is 12.1. The number of fused-ring (bicyclic) bond motifs is 1. The maximum absolute atomic E-state index is 9.03. The molecule has 4 heteroatoms. The number of rotatable bonds is 5. The van der Waals surface area contributed by atoms with Crippen molar-refractivity contribution in [1.29, 1.82) is 0 Å². The quantitative estimate of drug-likeness (QED) is 0.829. The van der Waals surface area contributed by atoms with Crippen LogP contribution in [0, 0.1) is 0 Å². The van der Waals surface area contributed by atoms with Crippen LogP contribution in [0.4, 0.5) is 0 Å². The number of aliphatic hydroxyl groups is 1. The molecule has 2 rings (SSSR count). The van der Waals surface area contributed by atoms with Gasteiger partial charge >= 0.3 is 0 Å². The third kappa shape index (κ3) is 2.48. The minimum Gasteiger partial charge on any atom is -0.395 e. The molecule has 0 spiro atoms. The topological polar surface area (TPSA) is 52.1 Å². The molecule has 0 radical (unpaired) electrons. The van der Waals surface area contributed by atoms with Crippen LogP contribution in [0.1, 0.15) is 25.7 Å². The van der Waals surface area contributed by atoms with Gasteiger partial charge in [-0.15, -0.1) is 0 Å². The summed E-state index contributed by atoms with van der Waals surface area (Å²) in [6.07, 6.45) is 0. The first-order valence-electron chi connectivity index (χ1n) is 6.05. The largest absolute Gasteiger partial charge is 0.395 e. The van der Waals surface area contributed by atoms with Crippen LogP contribution in [0.5, 0.6) is 0 Å². The van der Waals surface area contributed by atoms with E-state index in [9.17, 15) is 0 Å². The zero-order chi connectivity index (χ0) is 12.3. The van der Waals surface area contributed by atoms with Crippen molar-refractivity contribution in [3.63, 3.8) is 0 Å². The van der Waals surface area contributed by atoms with Crippen LogP contribution in [0.3, 0.4) is 0 Å². The average Bonchev–Trinajstić information content (AvgIpc) is 2.78. The molecule has 0 aliphatic heterocycles. The fourth-order valence-corrected chi connectivity index (χ4v) is 2.10. The van der Waals surface area contributed by atoms with Gasteiger partial charge in [-0.05, 0) is 25.6 Å². The molecule has 2 aromatic rings. The zero-order valence-electron chi connectivity index (χ0n) is 10.3. The number of hydrogen-bond acceptors (Lipinski definition) is 3. The Morgan fingerprint density at radius 2 is 2.18 bits per heavy atom. The van der Waals surface area contributed by atoms with Crippen molar-refractivity contribution in [2.45, 2.75) is 19.9 Å². The molecule has 1 heterocycles. The van der Waals surface area contributed by atoms with E-state index in [-0.39, 0.29) is 12.6 Å². The number of nitrogens with zero attached hydrogens (tertiary/aromatic N) is 2. The number of aromatic nitrogens is 2. The molecular weight excluding hydrogens is 214 g/mol. The summed E-state index contributed by atoms with van der Waals surface area (Å²) in [4.78, 5) is 10.1. The molecule has 0 aliphatic rings. The van der Waals surface area contributed by atoms with Crippen LogP contribution in [0.15, 0.2) is 24.3 Å². The van der Waals surface area contributed by atoms with Gasteiger partial charge in [-0.2, -0.15) is 0 Å². The molecule has 17 heavy (non-hydrogen) atoms. The van der Waals surface area contributed by atoms with E-state index >= 15 is 0 Å². The Balaban J connectivity index is 2.25. The van der Waals surface area contributed by atoms with Crippen molar-refractivity contribution >= 4 is 11.0 Å². The lowest BCUT2D eigenvalue weighted by molar-refractivity contribution is 0.161. The third-order valence-corrected chi connectivity index (χ3v) is 3.14. The summed E-state index contributed by atoms with van der Waals surface area (Å²) >= 11 is 0. The summed E-state index contributed by atoms with van der Waals surface area (Å²) in [7, 11) is 0. The zero-order valence-corrected chi connectivity index (χ0v) is 10.3. The second kappa shape index (κ2) is 5.29. The van der Waals surface area contributed by atoms with Gasteiger partial charge in [0.15, 0.2) is 0 Å². The summed E-state index contributed by atoms with van der Waals surface area (Å²) in [6, 6.07) is 8.22. The first-order chi connectivity index (χ1) is 8.26. The van der Waals surface area contributed by atoms with Crippen molar-refractivity contribution in [2.75, 3.05) is 19.7 Å². The lowest BCUT2D eigenvalue weighted by Gasteiger charge is -2.25. The minimum absolute atomic E-state index is 0.179. The summed E-state index contributed by atoms with van der Waals surface area (Å²) < 4.78 is 0. The molecule has 0 fully saturated rings. The Hall–Kier alpha value is -1.39. The van der Waals surface area contributed by atoms with Crippen molar-refractivity contribution in [1.82, 2.24) is 14.9 Å². The van der Waals surface area contributed by atoms with Crippen LogP contribution >= 0.6 is 0 Å². The summed E-state index contributed by atoms with van der Waals surface area (Å²) in [6.45, 7) is 5.96. The maximum Gasteiger partial charge on any atom is 0.124 e. The monoisotopic (exact) mass is 233 g/mol. The molecular formula is C13H19N3O. The Kier molecular flexibility index (Phi) is 3.76. The lowest BCUT2D eigenvalue weighted by atomic mass is 10.2. The van der Waals surface area contributed by atoms with Crippen LogP contribution < -0.4 is 0 Å². The molecule has 0 saturated heterocycles. The molecule has 0 aliphatic carbocycles. The predicted octanol–water partition coefficient (Wildman–Crippen LogP) is 1.94. The van der Waals surface area contributed by atoms with Crippen LogP contribution in [-0.2, 0) is 0 Å². The highest BCUT2D eigenvalue weighted by molar-refractivity contribution is 5.74. The molecule has 0 amide bonds. The van der Waals surface area contributed by atoms with Gasteiger partial charge in [0.25, 0.3) is 0 Å². The molecule has 1 aromatic carbocycles. The lowest BCUT2D eigenvalue weighted by Crippen LogP contribution is -2.30. The number of aliphatic hydroxyl groups excluding tert-OH is 1. The van der Waals surface area contributed by atoms with E-state index in [1.807, 2.05) is 24.3 Å². The molecule has 1 unspecified atom stereocenters. The van der Waals surface area contributed by atoms with Crippen molar-refractivity contribution in [3.8, 4) is 0 Å². The minimum atomic E-state index is 0.179. The van der Waals surface area contributed by atoms with Crippen molar-refractivity contribution in [3.05, 3.63) is 30.1 Å². The Bertz CT molecular complexity index is 447. The number of nitrogens with one attached hydrogen (secondary N) is 1. The number of aromatic amines is 1. The number of likely N-dealkylation sites (N-methyl/N-ethyl adjacent to an activating group) is 1. The number of H-pyrrole nitrogens is 1. The fourth-order valence-electron chi connectivity index (χ4n) is 2.10. The average molecular weight is 233 g/mol. The maximum atomic E-state index is 9.03. The molecule has 0 bridgehead atoms. The number of imidazole rings is 1. The fraction of sp³-hybridized carbons (Fsp3) is 0.462. The van der Waals surface area contributed by atoms with Gasteiger partial charge in [-0.1, -0.05) is 19.1 Å². The van der Waals surface area contributed by atoms with Gasteiger partial charge in [0.05, 0.1) is 23.7 Å². The van der Waals surface area contributed by atoms with E-state index in [1.165, 1.54) is 0 Å².